The fourth-order valence-electron chi connectivity index (χ4n) is 1.95. The van der Waals surface area contributed by atoms with Gasteiger partial charge in [0.1, 0.15) is 0 Å². The lowest BCUT2D eigenvalue weighted by atomic mass is 9.80. The van der Waals surface area contributed by atoms with Gasteiger partial charge in [0.15, 0.2) is 0 Å². The first-order valence-corrected chi connectivity index (χ1v) is 6.38. The maximum absolute atomic E-state index is 12.1. The molecule has 0 fully saturated rings. The summed E-state index contributed by atoms with van der Waals surface area (Å²) in [4.78, 5) is 12.1. The molecule has 96 valence electrons. The van der Waals surface area contributed by atoms with Gasteiger partial charge in [-0.05, 0) is 12.8 Å². The molecule has 0 rings (SSSR count). The molecular formula is C13H27NO2. The molecule has 0 aliphatic carbocycles. The van der Waals surface area contributed by atoms with Crippen LogP contribution in [0.5, 0.6) is 0 Å². The van der Waals surface area contributed by atoms with Crippen LogP contribution in [0.25, 0.3) is 0 Å². The molecule has 0 aromatic carbocycles. The molecule has 0 spiro atoms. The van der Waals surface area contributed by atoms with E-state index >= 15 is 0 Å². The number of hydrogen-bond donors (Lipinski definition) is 1. The summed E-state index contributed by atoms with van der Waals surface area (Å²) in [5, 5.41) is 2.95. The van der Waals surface area contributed by atoms with Gasteiger partial charge >= 0.3 is 0 Å². The van der Waals surface area contributed by atoms with Crippen LogP contribution in [0.2, 0.25) is 0 Å². The highest BCUT2D eigenvalue weighted by atomic mass is 16.5. The molecule has 3 heteroatoms. The van der Waals surface area contributed by atoms with E-state index in [4.69, 9.17) is 4.74 Å². The Bertz CT molecular complexity index is 194. The fraction of sp³-hybridized carbons (Fsp3) is 0.923. The predicted molar refractivity (Wildman–Crippen MR) is 67.4 cm³/mol. The van der Waals surface area contributed by atoms with Crippen LogP contribution in [-0.2, 0) is 9.53 Å². The lowest BCUT2D eigenvalue weighted by Crippen LogP contribution is -2.40. The second-order valence-electron chi connectivity index (χ2n) is 4.66. The second kappa shape index (κ2) is 8.57. The van der Waals surface area contributed by atoms with Crippen molar-refractivity contribution in [3.05, 3.63) is 0 Å². The lowest BCUT2D eigenvalue weighted by molar-refractivity contribution is -0.131. The molecule has 1 atom stereocenters. The molecule has 0 heterocycles. The zero-order valence-electron chi connectivity index (χ0n) is 11.3. The third-order valence-corrected chi connectivity index (χ3v) is 3.02. The second-order valence-corrected chi connectivity index (χ2v) is 4.66. The predicted octanol–water partition coefficient (Wildman–Crippen LogP) is 2.75. The third kappa shape index (κ3) is 5.50. The van der Waals surface area contributed by atoms with E-state index in [1.165, 1.54) is 0 Å². The van der Waals surface area contributed by atoms with Crippen LogP contribution < -0.4 is 5.32 Å². The van der Waals surface area contributed by atoms with Gasteiger partial charge in [0.2, 0.25) is 5.91 Å². The van der Waals surface area contributed by atoms with E-state index in [1.807, 2.05) is 0 Å². The normalized spacial score (nSPS) is 14.5. The maximum Gasteiger partial charge on any atom is 0.226 e. The molecule has 0 aliphatic heterocycles. The highest BCUT2D eigenvalue weighted by Crippen LogP contribution is 2.30. The van der Waals surface area contributed by atoms with Crippen molar-refractivity contribution >= 4 is 5.91 Å². The summed E-state index contributed by atoms with van der Waals surface area (Å²) < 4.78 is 4.93. The van der Waals surface area contributed by atoms with Crippen LogP contribution in [0.1, 0.15) is 52.9 Å². The van der Waals surface area contributed by atoms with Crippen molar-refractivity contribution in [3.8, 4) is 0 Å². The number of nitrogens with one attached hydrogen (secondary N) is 1. The van der Waals surface area contributed by atoms with Gasteiger partial charge in [0, 0.05) is 19.1 Å². The molecule has 0 radical (unpaired) electrons. The average Bonchev–Trinajstić information content (AvgIpc) is 2.27. The fourth-order valence-corrected chi connectivity index (χ4v) is 1.95. The van der Waals surface area contributed by atoms with E-state index in [2.05, 4.69) is 26.1 Å². The minimum absolute atomic E-state index is 0.180. The standard InChI is InChI=1S/C13H27NO2/c1-5-7-9-13(3,8-6-2)12(15)14-10-11-16-4/h5-11H2,1-4H3,(H,14,15). The quantitative estimate of drug-likeness (QED) is 0.617. The molecule has 3 nitrogen and oxygen atoms in total. The molecule has 1 amide bonds. The number of carbonyl (C=O) groups excluding carboxylic acids is 1. The summed E-state index contributed by atoms with van der Waals surface area (Å²) >= 11 is 0. The van der Waals surface area contributed by atoms with Crippen LogP contribution in [-0.4, -0.2) is 26.2 Å². The van der Waals surface area contributed by atoms with Gasteiger partial charge in [0.25, 0.3) is 0 Å². The molecule has 0 saturated carbocycles. The van der Waals surface area contributed by atoms with Gasteiger partial charge in [-0.2, -0.15) is 0 Å². The Kier molecular flexibility index (Phi) is 8.26. The molecule has 0 aromatic rings. The van der Waals surface area contributed by atoms with Gasteiger partial charge in [-0.3, -0.25) is 4.79 Å². The number of amides is 1. The molecule has 1 N–H and O–H groups in total. The van der Waals surface area contributed by atoms with E-state index in [9.17, 15) is 4.79 Å². The minimum atomic E-state index is -0.196. The monoisotopic (exact) mass is 229 g/mol. The summed E-state index contributed by atoms with van der Waals surface area (Å²) in [6.07, 6.45) is 5.26. The van der Waals surface area contributed by atoms with Gasteiger partial charge < -0.3 is 10.1 Å². The molecule has 16 heavy (non-hydrogen) atoms. The van der Waals surface area contributed by atoms with E-state index in [0.29, 0.717) is 13.2 Å². The number of unbranched alkanes of at least 4 members (excludes halogenated alkanes) is 1. The highest BCUT2D eigenvalue weighted by Gasteiger charge is 2.30. The minimum Gasteiger partial charge on any atom is -0.383 e. The van der Waals surface area contributed by atoms with Gasteiger partial charge in [-0.25, -0.2) is 0 Å². The van der Waals surface area contributed by atoms with Gasteiger partial charge in [-0.15, -0.1) is 0 Å². The van der Waals surface area contributed by atoms with Crippen molar-refractivity contribution < 1.29 is 9.53 Å². The summed E-state index contributed by atoms with van der Waals surface area (Å²) in [6.45, 7) is 7.57. The largest absolute Gasteiger partial charge is 0.383 e. The van der Waals surface area contributed by atoms with Crippen molar-refractivity contribution in [3.63, 3.8) is 0 Å². The highest BCUT2D eigenvalue weighted by molar-refractivity contribution is 5.82. The Hall–Kier alpha value is -0.570. The van der Waals surface area contributed by atoms with Crippen molar-refractivity contribution in [2.24, 2.45) is 5.41 Å². The summed E-state index contributed by atoms with van der Waals surface area (Å²) in [5.41, 5.74) is -0.196. The lowest BCUT2D eigenvalue weighted by Gasteiger charge is -2.28. The Labute approximate surface area is 99.9 Å². The molecular weight excluding hydrogens is 202 g/mol. The number of ether oxygens (including phenoxy) is 1. The summed E-state index contributed by atoms with van der Waals surface area (Å²) in [5.74, 6) is 0.180. The third-order valence-electron chi connectivity index (χ3n) is 3.02. The van der Waals surface area contributed by atoms with Crippen LogP contribution >= 0.6 is 0 Å². The van der Waals surface area contributed by atoms with E-state index < -0.39 is 0 Å². The Morgan fingerprint density at radius 2 is 1.94 bits per heavy atom. The average molecular weight is 229 g/mol. The van der Waals surface area contributed by atoms with Gasteiger partial charge in [0.05, 0.1) is 6.61 Å². The zero-order chi connectivity index (χ0) is 12.4. The zero-order valence-corrected chi connectivity index (χ0v) is 11.3. The number of carbonyl (C=O) groups is 1. The van der Waals surface area contributed by atoms with E-state index in [-0.39, 0.29) is 11.3 Å². The molecule has 0 bridgehead atoms. The molecule has 0 aromatic heterocycles. The summed E-state index contributed by atoms with van der Waals surface area (Å²) in [7, 11) is 1.65. The van der Waals surface area contributed by atoms with E-state index in [0.717, 1.165) is 32.1 Å². The van der Waals surface area contributed by atoms with Crippen molar-refractivity contribution in [2.75, 3.05) is 20.3 Å². The van der Waals surface area contributed by atoms with Crippen molar-refractivity contribution in [1.82, 2.24) is 5.32 Å². The summed E-state index contributed by atoms with van der Waals surface area (Å²) in [6, 6.07) is 0. The maximum atomic E-state index is 12.1. The molecule has 1 unspecified atom stereocenters. The SMILES string of the molecule is CCCCC(C)(CCC)C(=O)NCCOC. The number of rotatable bonds is 9. The number of methoxy groups -OCH3 is 1. The van der Waals surface area contributed by atoms with Gasteiger partial charge in [-0.1, -0.05) is 40.0 Å². The Morgan fingerprint density at radius 3 is 2.44 bits per heavy atom. The molecule has 0 aliphatic rings. The van der Waals surface area contributed by atoms with Crippen LogP contribution in [0.4, 0.5) is 0 Å². The Morgan fingerprint density at radius 1 is 1.25 bits per heavy atom. The Balaban J connectivity index is 4.20. The first-order chi connectivity index (χ1) is 7.60. The number of hydrogen-bond acceptors (Lipinski definition) is 2. The van der Waals surface area contributed by atoms with Crippen LogP contribution in [0.15, 0.2) is 0 Å². The topological polar surface area (TPSA) is 38.3 Å². The first-order valence-electron chi connectivity index (χ1n) is 6.38. The van der Waals surface area contributed by atoms with E-state index in [1.54, 1.807) is 7.11 Å². The first kappa shape index (κ1) is 15.4. The van der Waals surface area contributed by atoms with Crippen molar-refractivity contribution in [2.45, 2.75) is 52.9 Å². The van der Waals surface area contributed by atoms with Crippen LogP contribution in [0, 0.1) is 5.41 Å². The smallest absolute Gasteiger partial charge is 0.226 e. The molecule has 0 saturated heterocycles. The van der Waals surface area contributed by atoms with Crippen LogP contribution in [0.3, 0.4) is 0 Å². The van der Waals surface area contributed by atoms with Crippen molar-refractivity contribution in [1.29, 1.82) is 0 Å².